The van der Waals surface area contributed by atoms with Gasteiger partial charge in [0.15, 0.2) is 5.76 Å². The summed E-state index contributed by atoms with van der Waals surface area (Å²) in [4.78, 5) is 0. The van der Waals surface area contributed by atoms with Crippen molar-refractivity contribution in [2.45, 2.75) is 20.8 Å². The van der Waals surface area contributed by atoms with Crippen LogP contribution in [0.5, 0.6) is 5.75 Å². The van der Waals surface area contributed by atoms with Crippen molar-refractivity contribution < 1.29 is 14.8 Å². The predicted octanol–water partition coefficient (Wildman–Crippen LogP) is 3.57. The van der Waals surface area contributed by atoms with Crippen LogP contribution in [0.4, 0.5) is 0 Å². The molecule has 0 fully saturated rings. The van der Waals surface area contributed by atoms with Crippen molar-refractivity contribution in [3.05, 3.63) is 53.0 Å². The Morgan fingerprint density at radius 2 is 1.87 bits per heavy atom. The van der Waals surface area contributed by atoms with Gasteiger partial charge in [-0.3, -0.25) is 0 Å². The highest BCUT2D eigenvalue weighted by atomic mass is 16.5. The van der Waals surface area contributed by atoms with Gasteiger partial charge >= 0.3 is 0 Å². The minimum Gasteiger partial charge on any atom is -0.508 e. The molecule has 0 atom stereocenters. The lowest BCUT2D eigenvalue weighted by Gasteiger charge is -2.11. The van der Waals surface area contributed by atoms with E-state index in [9.17, 15) is 5.11 Å². The Balaban J connectivity index is 2.33. The lowest BCUT2D eigenvalue weighted by atomic mass is 10.1. The van der Waals surface area contributed by atoms with Crippen LogP contribution >= 0.6 is 0 Å². The highest BCUT2D eigenvalue weighted by Gasteiger charge is 2.20. The third-order valence-electron chi connectivity index (χ3n) is 3.80. The Labute approximate surface area is 133 Å². The molecule has 6 nitrogen and oxygen atoms in total. The van der Waals surface area contributed by atoms with Crippen molar-refractivity contribution in [1.82, 2.24) is 9.72 Å². The first-order chi connectivity index (χ1) is 11.0. The highest BCUT2D eigenvalue weighted by molar-refractivity contribution is 5.84. The van der Waals surface area contributed by atoms with Gasteiger partial charge in [0.2, 0.25) is 0 Å². The second-order valence-electron chi connectivity index (χ2n) is 5.40. The Hall–Kier alpha value is -3.02. The van der Waals surface area contributed by atoms with Crippen molar-refractivity contribution in [3.8, 4) is 22.7 Å². The largest absolute Gasteiger partial charge is 0.508 e. The van der Waals surface area contributed by atoms with E-state index in [-0.39, 0.29) is 5.75 Å². The third-order valence-corrected chi connectivity index (χ3v) is 3.80. The third kappa shape index (κ3) is 2.48. The van der Waals surface area contributed by atoms with Crippen LogP contribution < -0.4 is 0 Å². The molecular weight excluding hydrogens is 294 g/mol. The van der Waals surface area contributed by atoms with Gasteiger partial charge in [0.05, 0.1) is 17.6 Å². The van der Waals surface area contributed by atoms with Gasteiger partial charge in [0, 0.05) is 0 Å². The van der Waals surface area contributed by atoms with Gasteiger partial charge in [-0.15, -0.1) is 0 Å². The molecule has 2 N–H and O–H groups in total. The number of benzene rings is 1. The zero-order valence-electron chi connectivity index (χ0n) is 13.1. The van der Waals surface area contributed by atoms with Gasteiger partial charge in [-0.25, -0.2) is 0 Å². The number of aromatic nitrogens is 2. The molecule has 0 bridgehead atoms. The van der Waals surface area contributed by atoms with E-state index in [0.717, 1.165) is 33.9 Å². The average molecular weight is 311 g/mol. The average Bonchev–Trinajstić information content (AvgIpc) is 3.01. The molecule has 0 amide bonds. The fourth-order valence-corrected chi connectivity index (χ4v) is 2.75. The van der Waals surface area contributed by atoms with E-state index < -0.39 is 0 Å². The normalized spacial score (nSPS) is 11.4. The van der Waals surface area contributed by atoms with Crippen molar-refractivity contribution in [1.29, 1.82) is 0 Å². The van der Waals surface area contributed by atoms with Gasteiger partial charge in [-0.05, 0) is 62.2 Å². The van der Waals surface area contributed by atoms with E-state index in [0.29, 0.717) is 5.76 Å². The molecule has 1 aromatic carbocycles. The first-order valence-electron chi connectivity index (χ1n) is 7.15. The van der Waals surface area contributed by atoms with Crippen LogP contribution in [0.3, 0.4) is 0 Å². The molecule has 0 spiro atoms. The molecule has 0 saturated carbocycles. The van der Waals surface area contributed by atoms with Crippen LogP contribution in [0.15, 0.2) is 40.0 Å². The highest BCUT2D eigenvalue weighted by Crippen LogP contribution is 2.32. The standard InChI is InChI=1S/C17H17N3O3/c1-10-8-15(13-4-6-14(21)7-5-13)20(16(10)9-18-22)17-11(2)19-23-12(17)3/h4-9,21-22H,1-3H3/b18-9+. The Kier molecular flexibility index (Phi) is 3.65. The van der Waals surface area contributed by atoms with Crippen LogP contribution in [0.25, 0.3) is 16.9 Å². The maximum absolute atomic E-state index is 9.50. The quantitative estimate of drug-likeness (QED) is 0.440. The minimum atomic E-state index is 0.207. The summed E-state index contributed by atoms with van der Waals surface area (Å²) in [5, 5.41) is 25.7. The van der Waals surface area contributed by atoms with E-state index in [1.54, 1.807) is 12.1 Å². The van der Waals surface area contributed by atoms with E-state index >= 15 is 0 Å². The van der Waals surface area contributed by atoms with Gasteiger partial charge in [-0.1, -0.05) is 10.3 Å². The summed E-state index contributed by atoms with van der Waals surface area (Å²) in [6.07, 6.45) is 1.39. The minimum absolute atomic E-state index is 0.207. The van der Waals surface area contributed by atoms with Crippen molar-refractivity contribution in [2.75, 3.05) is 0 Å². The van der Waals surface area contributed by atoms with Crippen molar-refractivity contribution in [3.63, 3.8) is 0 Å². The number of rotatable bonds is 3. The first-order valence-corrected chi connectivity index (χ1v) is 7.15. The number of phenolic OH excluding ortho intramolecular Hbond substituents is 1. The lowest BCUT2D eigenvalue weighted by Crippen LogP contribution is -2.04. The predicted molar refractivity (Wildman–Crippen MR) is 86.5 cm³/mol. The maximum atomic E-state index is 9.50. The molecule has 3 rings (SSSR count). The number of oxime groups is 1. The van der Waals surface area contributed by atoms with Crippen LogP contribution in [0.1, 0.15) is 22.7 Å². The van der Waals surface area contributed by atoms with Gasteiger partial charge in [0.1, 0.15) is 17.1 Å². The van der Waals surface area contributed by atoms with E-state index in [1.165, 1.54) is 6.21 Å². The summed E-state index contributed by atoms with van der Waals surface area (Å²) in [7, 11) is 0. The Morgan fingerprint density at radius 3 is 2.43 bits per heavy atom. The summed E-state index contributed by atoms with van der Waals surface area (Å²) in [5.41, 5.74) is 5.06. The van der Waals surface area contributed by atoms with Crippen LogP contribution in [0, 0.1) is 20.8 Å². The molecule has 2 heterocycles. The number of aryl methyl sites for hydroxylation is 3. The first kappa shape index (κ1) is 14.9. The zero-order valence-corrected chi connectivity index (χ0v) is 13.1. The summed E-state index contributed by atoms with van der Waals surface area (Å²) in [5.74, 6) is 0.878. The van der Waals surface area contributed by atoms with E-state index in [2.05, 4.69) is 10.3 Å². The molecule has 0 aliphatic heterocycles. The molecule has 0 radical (unpaired) electrons. The summed E-state index contributed by atoms with van der Waals surface area (Å²) < 4.78 is 7.23. The number of hydrogen-bond donors (Lipinski definition) is 2. The summed E-state index contributed by atoms with van der Waals surface area (Å²) in [6, 6.07) is 8.93. The lowest BCUT2D eigenvalue weighted by molar-refractivity contribution is 0.321. The second-order valence-corrected chi connectivity index (χ2v) is 5.40. The van der Waals surface area contributed by atoms with Crippen LogP contribution in [0.2, 0.25) is 0 Å². The summed E-state index contributed by atoms with van der Waals surface area (Å²) in [6.45, 7) is 5.64. The Bertz CT molecular complexity index is 854. The fraction of sp³-hybridized carbons (Fsp3) is 0.176. The molecule has 3 aromatic rings. The molecular formula is C17H17N3O3. The number of hydrogen-bond acceptors (Lipinski definition) is 5. The number of nitrogens with zero attached hydrogens (tertiary/aromatic N) is 3. The fourth-order valence-electron chi connectivity index (χ4n) is 2.75. The molecule has 118 valence electrons. The molecule has 6 heteroatoms. The van der Waals surface area contributed by atoms with E-state index in [4.69, 9.17) is 9.73 Å². The Morgan fingerprint density at radius 1 is 1.17 bits per heavy atom. The zero-order chi connectivity index (χ0) is 16.6. The molecule has 2 aromatic heterocycles. The molecule has 0 aliphatic rings. The van der Waals surface area contributed by atoms with Gasteiger partial charge < -0.3 is 19.4 Å². The topological polar surface area (TPSA) is 83.8 Å². The smallest absolute Gasteiger partial charge is 0.157 e. The molecule has 23 heavy (non-hydrogen) atoms. The van der Waals surface area contributed by atoms with Crippen molar-refractivity contribution >= 4 is 6.21 Å². The van der Waals surface area contributed by atoms with Gasteiger partial charge in [-0.2, -0.15) is 0 Å². The van der Waals surface area contributed by atoms with Crippen molar-refractivity contribution in [2.24, 2.45) is 5.16 Å². The number of aromatic hydroxyl groups is 1. The maximum Gasteiger partial charge on any atom is 0.157 e. The van der Waals surface area contributed by atoms with Gasteiger partial charge in [0.25, 0.3) is 0 Å². The second kappa shape index (κ2) is 5.64. The SMILES string of the molecule is Cc1cc(-c2ccc(O)cc2)n(-c2c(C)noc2C)c1/C=N/O. The molecule has 0 unspecified atom stereocenters. The van der Waals surface area contributed by atoms with E-state index in [1.807, 2.05) is 43.5 Å². The van der Waals surface area contributed by atoms with Crippen LogP contribution in [-0.4, -0.2) is 26.3 Å². The monoisotopic (exact) mass is 311 g/mol. The summed E-state index contributed by atoms with van der Waals surface area (Å²) >= 11 is 0. The number of phenols is 1. The molecule has 0 aliphatic carbocycles. The molecule has 0 saturated heterocycles. The van der Waals surface area contributed by atoms with Crippen LogP contribution in [-0.2, 0) is 0 Å².